The number of aryl methyl sites for hydroxylation is 1. The van der Waals surface area contributed by atoms with Crippen molar-refractivity contribution >= 4 is 38.2 Å². The smallest absolute Gasteiger partial charge is 0.269 e. The molecule has 3 aromatic carbocycles. The highest BCUT2D eigenvalue weighted by atomic mass is 35.5. The lowest BCUT2D eigenvalue weighted by atomic mass is 10.1. The number of aromatic amines is 1. The van der Waals surface area contributed by atoms with Gasteiger partial charge in [-0.3, -0.25) is 4.79 Å². The first kappa shape index (κ1) is 22.1. The van der Waals surface area contributed by atoms with Crippen LogP contribution in [0.5, 0.6) is 0 Å². The third-order valence-electron chi connectivity index (χ3n) is 5.30. The van der Waals surface area contributed by atoms with Crippen molar-refractivity contribution in [2.75, 3.05) is 6.54 Å². The SMILES string of the molecule is O=C(NCCCCc1ccccc1)c1[nH]c2ccccc2c1S(=O)(=O)c1ccc(Cl)cc1. The Kier molecular flexibility index (Phi) is 6.63. The molecule has 0 atom stereocenters. The van der Waals surface area contributed by atoms with Crippen molar-refractivity contribution in [2.24, 2.45) is 0 Å². The number of aromatic nitrogens is 1. The van der Waals surface area contributed by atoms with Gasteiger partial charge in [0.25, 0.3) is 5.91 Å². The normalized spacial score (nSPS) is 11.5. The van der Waals surface area contributed by atoms with Crippen LogP contribution in [-0.2, 0) is 16.3 Å². The minimum atomic E-state index is -3.94. The van der Waals surface area contributed by atoms with Gasteiger partial charge in [0.05, 0.1) is 4.90 Å². The van der Waals surface area contributed by atoms with Gasteiger partial charge in [-0.1, -0.05) is 60.1 Å². The van der Waals surface area contributed by atoms with Crippen molar-refractivity contribution < 1.29 is 13.2 Å². The minimum absolute atomic E-state index is 0.0165. The van der Waals surface area contributed by atoms with Crippen molar-refractivity contribution in [3.05, 3.63) is 95.1 Å². The highest BCUT2D eigenvalue weighted by molar-refractivity contribution is 7.91. The topological polar surface area (TPSA) is 79.0 Å². The summed E-state index contributed by atoms with van der Waals surface area (Å²) in [5, 5.41) is 3.79. The second-order valence-electron chi connectivity index (χ2n) is 7.53. The Labute approximate surface area is 192 Å². The summed E-state index contributed by atoms with van der Waals surface area (Å²) in [5.41, 5.74) is 1.89. The molecule has 0 aliphatic rings. The largest absolute Gasteiger partial charge is 0.351 e. The van der Waals surface area contributed by atoms with Crippen LogP contribution in [0, 0.1) is 0 Å². The number of hydrogen-bond acceptors (Lipinski definition) is 3. The summed E-state index contributed by atoms with van der Waals surface area (Å²) in [4.78, 5) is 16.0. The van der Waals surface area contributed by atoms with Gasteiger partial charge in [0, 0.05) is 22.5 Å². The summed E-state index contributed by atoms with van der Waals surface area (Å²) in [6, 6.07) is 23.1. The average molecular weight is 467 g/mol. The van der Waals surface area contributed by atoms with Crippen molar-refractivity contribution in [2.45, 2.75) is 29.1 Å². The first-order chi connectivity index (χ1) is 15.5. The van der Waals surface area contributed by atoms with E-state index in [1.165, 1.54) is 29.8 Å². The highest BCUT2D eigenvalue weighted by Gasteiger charge is 2.29. The molecule has 1 aromatic heterocycles. The van der Waals surface area contributed by atoms with Crippen molar-refractivity contribution in [3.63, 3.8) is 0 Å². The summed E-state index contributed by atoms with van der Waals surface area (Å²) in [7, 11) is -3.94. The molecular weight excluding hydrogens is 444 g/mol. The molecule has 4 aromatic rings. The van der Waals surface area contributed by atoms with Gasteiger partial charge in [-0.2, -0.15) is 0 Å². The van der Waals surface area contributed by atoms with Gasteiger partial charge in [0.15, 0.2) is 0 Å². The molecule has 0 fully saturated rings. The van der Waals surface area contributed by atoms with E-state index in [-0.39, 0.29) is 15.5 Å². The molecule has 0 saturated heterocycles. The van der Waals surface area contributed by atoms with Crippen LogP contribution in [0.2, 0.25) is 5.02 Å². The number of benzene rings is 3. The molecule has 5 nitrogen and oxygen atoms in total. The van der Waals surface area contributed by atoms with Crippen LogP contribution in [0.3, 0.4) is 0 Å². The summed E-state index contributed by atoms with van der Waals surface area (Å²) >= 11 is 5.92. The monoisotopic (exact) mass is 466 g/mol. The number of hydrogen-bond donors (Lipinski definition) is 2. The molecule has 1 heterocycles. The standard InChI is InChI=1S/C25H23ClN2O3S/c26-19-13-15-20(16-14-19)32(30,31)24-21-11-4-5-12-22(21)28-23(24)25(29)27-17-7-6-10-18-8-2-1-3-9-18/h1-5,8-9,11-16,28H,6-7,10,17H2,(H,27,29). The average Bonchev–Trinajstić information content (AvgIpc) is 3.20. The summed E-state index contributed by atoms with van der Waals surface area (Å²) in [6.07, 6.45) is 2.65. The van der Waals surface area contributed by atoms with E-state index >= 15 is 0 Å². The predicted molar refractivity (Wildman–Crippen MR) is 127 cm³/mol. The van der Waals surface area contributed by atoms with Gasteiger partial charge in [-0.25, -0.2) is 8.42 Å². The van der Waals surface area contributed by atoms with Gasteiger partial charge in [0.1, 0.15) is 10.6 Å². The third-order valence-corrected chi connectivity index (χ3v) is 7.41. The second kappa shape index (κ2) is 9.59. The van der Waals surface area contributed by atoms with E-state index in [1.54, 1.807) is 24.3 Å². The fourth-order valence-electron chi connectivity index (χ4n) is 3.68. The maximum atomic E-state index is 13.4. The van der Waals surface area contributed by atoms with E-state index in [0.29, 0.717) is 22.5 Å². The Morgan fingerprint density at radius 3 is 2.31 bits per heavy atom. The Hall–Kier alpha value is -3.09. The molecule has 0 spiro atoms. The minimum Gasteiger partial charge on any atom is -0.351 e. The van der Waals surface area contributed by atoms with Gasteiger partial charge >= 0.3 is 0 Å². The first-order valence-corrected chi connectivity index (χ1v) is 12.3. The molecule has 32 heavy (non-hydrogen) atoms. The molecule has 4 rings (SSSR count). The fourth-order valence-corrected chi connectivity index (χ4v) is 5.41. The molecule has 0 unspecified atom stereocenters. The second-order valence-corrected chi connectivity index (χ2v) is 9.85. The molecule has 164 valence electrons. The summed E-state index contributed by atoms with van der Waals surface area (Å²) in [5.74, 6) is -0.437. The number of nitrogens with one attached hydrogen (secondary N) is 2. The van der Waals surface area contributed by atoms with Gasteiger partial charge in [0.2, 0.25) is 9.84 Å². The summed E-state index contributed by atoms with van der Waals surface area (Å²) < 4.78 is 26.9. The van der Waals surface area contributed by atoms with Crippen molar-refractivity contribution in [1.29, 1.82) is 0 Å². The Bertz CT molecular complexity index is 1330. The molecule has 0 aliphatic heterocycles. The van der Waals surface area contributed by atoms with Crippen LogP contribution in [0.25, 0.3) is 10.9 Å². The van der Waals surface area contributed by atoms with Gasteiger partial charge in [-0.05, 0) is 55.2 Å². The number of rotatable bonds is 8. The molecule has 0 saturated carbocycles. The molecule has 0 aliphatic carbocycles. The van der Waals surface area contributed by atoms with Gasteiger partial charge < -0.3 is 10.3 Å². The maximum absolute atomic E-state index is 13.4. The lowest BCUT2D eigenvalue weighted by Gasteiger charge is -2.09. The third kappa shape index (κ3) is 4.71. The zero-order valence-electron chi connectivity index (χ0n) is 17.3. The Morgan fingerprint density at radius 1 is 0.875 bits per heavy atom. The van der Waals surface area contributed by atoms with E-state index in [0.717, 1.165) is 19.3 Å². The number of H-pyrrole nitrogens is 1. The van der Waals surface area contributed by atoms with Gasteiger partial charge in [-0.15, -0.1) is 0 Å². The Morgan fingerprint density at radius 2 is 1.56 bits per heavy atom. The lowest BCUT2D eigenvalue weighted by Crippen LogP contribution is -2.26. The van der Waals surface area contributed by atoms with E-state index in [2.05, 4.69) is 22.4 Å². The first-order valence-electron chi connectivity index (χ1n) is 10.4. The molecule has 0 bridgehead atoms. The van der Waals surface area contributed by atoms with Crippen LogP contribution in [0.15, 0.2) is 88.7 Å². The zero-order chi connectivity index (χ0) is 22.6. The lowest BCUT2D eigenvalue weighted by molar-refractivity contribution is 0.0945. The van der Waals surface area contributed by atoms with E-state index in [1.807, 2.05) is 18.2 Å². The van der Waals surface area contributed by atoms with Crippen LogP contribution in [0.4, 0.5) is 0 Å². The number of halogens is 1. The molecular formula is C25H23ClN2O3S. The number of sulfone groups is 1. The van der Waals surface area contributed by atoms with Crippen LogP contribution in [-0.4, -0.2) is 25.9 Å². The summed E-state index contributed by atoms with van der Waals surface area (Å²) in [6.45, 7) is 0.460. The maximum Gasteiger partial charge on any atom is 0.269 e. The zero-order valence-corrected chi connectivity index (χ0v) is 18.9. The molecule has 2 N–H and O–H groups in total. The van der Waals surface area contributed by atoms with Crippen LogP contribution < -0.4 is 5.32 Å². The van der Waals surface area contributed by atoms with Crippen molar-refractivity contribution in [3.8, 4) is 0 Å². The van der Waals surface area contributed by atoms with E-state index in [9.17, 15) is 13.2 Å². The quantitative estimate of drug-likeness (QED) is 0.341. The van der Waals surface area contributed by atoms with E-state index in [4.69, 9.17) is 11.6 Å². The molecule has 7 heteroatoms. The van der Waals surface area contributed by atoms with E-state index < -0.39 is 15.7 Å². The highest BCUT2D eigenvalue weighted by Crippen LogP contribution is 2.32. The number of carbonyl (C=O) groups is 1. The fraction of sp³-hybridized carbons (Fsp3) is 0.160. The van der Waals surface area contributed by atoms with Crippen LogP contribution >= 0.6 is 11.6 Å². The molecule has 1 amide bonds. The van der Waals surface area contributed by atoms with Crippen LogP contribution in [0.1, 0.15) is 28.9 Å². The number of unbranched alkanes of at least 4 members (excludes halogenated alkanes) is 1. The number of carbonyl (C=O) groups excluding carboxylic acids is 1. The molecule has 0 radical (unpaired) electrons. The number of amides is 1. The number of fused-ring (bicyclic) bond motifs is 1. The number of para-hydroxylation sites is 1. The predicted octanol–water partition coefficient (Wildman–Crippen LogP) is 5.41. The Balaban J connectivity index is 1.54. The van der Waals surface area contributed by atoms with Crippen molar-refractivity contribution in [1.82, 2.24) is 10.3 Å².